The average Bonchev–Trinajstić information content (AvgIpc) is 3.37. The molecule has 6 aromatic rings. The summed E-state index contributed by atoms with van der Waals surface area (Å²) in [5, 5.41) is 1.39. The normalized spacial score (nSPS) is 11.1. The molecule has 38 heavy (non-hydrogen) atoms. The highest BCUT2D eigenvalue weighted by atomic mass is 16.5. The van der Waals surface area contributed by atoms with Gasteiger partial charge in [0, 0.05) is 28.0 Å². The third-order valence-electron chi connectivity index (χ3n) is 6.38. The first-order valence-corrected chi connectivity index (χ1v) is 12.0. The molecular formula is C32H22O6. The summed E-state index contributed by atoms with van der Waals surface area (Å²) in [6, 6.07) is 28.9. The van der Waals surface area contributed by atoms with Crippen molar-refractivity contribution in [3.8, 4) is 33.9 Å². The molecule has 0 atom stereocenters. The summed E-state index contributed by atoms with van der Waals surface area (Å²) < 4.78 is 23.1. The first kappa shape index (κ1) is 23.3. The maximum atomic E-state index is 13.2. The first-order chi connectivity index (χ1) is 18.5. The zero-order chi connectivity index (χ0) is 26.2. The van der Waals surface area contributed by atoms with Gasteiger partial charge < -0.3 is 18.3 Å². The maximum Gasteiger partial charge on any atom is 0.343 e. The number of para-hydroxylation sites is 1. The lowest BCUT2D eigenvalue weighted by molar-refractivity contribution is 0.0735. The number of methoxy groups -OCH3 is 1. The quantitative estimate of drug-likeness (QED) is 0.139. The zero-order valence-electron chi connectivity index (χ0n) is 20.7. The lowest BCUT2D eigenvalue weighted by Gasteiger charge is -2.13. The van der Waals surface area contributed by atoms with Gasteiger partial charge in [0.25, 0.3) is 0 Å². The molecule has 0 spiro atoms. The van der Waals surface area contributed by atoms with Gasteiger partial charge >= 0.3 is 11.6 Å². The van der Waals surface area contributed by atoms with Gasteiger partial charge in [0.15, 0.2) is 11.3 Å². The number of fused-ring (bicyclic) bond motifs is 2. The van der Waals surface area contributed by atoms with Gasteiger partial charge in [0.05, 0.1) is 12.7 Å². The van der Waals surface area contributed by atoms with Crippen LogP contribution in [-0.2, 0) is 0 Å². The Morgan fingerprint density at radius 3 is 2.37 bits per heavy atom. The predicted octanol–water partition coefficient (Wildman–Crippen LogP) is 7.41. The van der Waals surface area contributed by atoms with Crippen LogP contribution in [0.5, 0.6) is 11.5 Å². The van der Waals surface area contributed by atoms with Crippen molar-refractivity contribution in [2.75, 3.05) is 7.11 Å². The summed E-state index contributed by atoms with van der Waals surface area (Å²) in [6.07, 6.45) is 0. The standard InChI is InChI=1S/C32H22O6/c1-19-8-6-12-22(14-19)32(34)38-28-17-24-25(27-15-21-11-7-13-26(35-2)31(21)37-27)18-30(33)36-29(24)16-23(28)20-9-4-3-5-10-20/h3-18H,1-2H3. The number of hydrogen-bond donors (Lipinski definition) is 0. The average molecular weight is 503 g/mol. The fourth-order valence-electron chi connectivity index (χ4n) is 4.58. The Morgan fingerprint density at radius 1 is 0.763 bits per heavy atom. The fourth-order valence-corrected chi connectivity index (χ4v) is 4.58. The second kappa shape index (κ2) is 9.41. The minimum absolute atomic E-state index is 0.332. The Morgan fingerprint density at radius 2 is 1.58 bits per heavy atom. The zero-order valence-corrected chi connectivity index (χ0v) is 20.7. The molecule has 2 heterocycles. The van der Waals surface area contributed by atoms with Crippen molar-refractivity contribution in [3.63, 3.8) is 0 Å². The van der Waals surface area contributed by atoms with Crippen LogP contribution in [0.25, 0.3) is 44.4 Å². The highest BCUT2D eigenvalue weighted by molar-refractivity contribution is 6.00. The van der Waals surface area contributed by atoms with Crippen LogP contribution < -0.4 is 15.1 Å². The Labute approximate surface area is 217 Å². The van der Waals surface area contributed by atoms with E-state index in [1.807, 2.05) is 73.7 Å². The maximum absolute atomic E-state index is 13.2. The molecule has 2 aromatic heterocycles. The van der Waals surface area contributed by atoms with Gasteiger partial charge in [-0.05, 0) is 48.9 Å². The number of furan rings is 1. The molecule has 6 rings (SSSR count). The highest BCUT2D eigenvalue weighted by Crippen LogP contribution is 2.40. The third-order valence-corrected chi connectivity index (χ3v) is 6.38. The molecule has 4 aromatic carbocycles. The van der Waals surface area contributed by atoms with Crippen LogP contribution in [0.1, 0.15) is 15.9 Å². The molecule has 6 nitrogen and oxygen atoms in total. The van der Waals surface area contributed by atoms with Crippen LogP contribution in [0.3, 0.4) is 0 Å². The molecule has 0 saturated heterocycles. The van der Waals surface area contributed by atoms with E-state index in [2.05, 4.69) is 0 Å². The Hall–Kier alpha value is -5.10. The fraction of sp³-hybridized carbons (Fsp3) is 0.0625. The first-order valence-electron chi connectivity index (χ1n) is 12.0. The highest BCUT2D eigenvalue weighted by Gasteiger charge is 2.20. The predicted molar refractivity (Wildman–Crippen MR) is 146 cm³/mol. The van der Waals surface area contributed by atoms with Crippen LogP contribution in [0.15, 0.2) is 111 Å². The van der Waals surface area contributed by atoms with Gasteiger partial charge in [-0.1, -0.05) is 60.2 Å². The van der Waals surface area contributed by atoms with Gasteiger partial charge in [-0.3, -0.25) is 0 Å². The monoisotopic (exact) mass is 502 g/mol. The van der Waals surface area contributed by atoms with E-state index in [4.69, 9.17) is 18.3 Å². The Kier molecular flexibility index (Phi) is 5.77. The second-order valence-electron chi connectivity index (χ2n) is 8.94. The third kappa shape index (κ3) is 4.22. The molecule has 0 aliphatic heterocycles. The van der Waals surface area contributed by atoms with Gasteiger partial charge in [0.2, 0.25) is 0 Å². The van der Waals surface area contributed by atoms with Crippen molar-refractivity contribution < 1.29 is 23.1 Å². The van der Waals surface area contributed by atoms with E-state index in [-0.39, 0.29) is 0 Å². The van der Waals surface area contributed by atoms with Crippen LogP contribution in [0.4, 0.5) is 0 Å². The molecule has 0 saturated carbocycles. The summed E-state index contributed by atoms with van der Waals surface area (Å²) in [6.45, 7) is 1.92. The summed E-state index contributed by atoms with van der Waals surface area (Å²) >= 11 is 0. The summed E-state index contributed by atoms with van der Waals surface area (Å²) in [4.78, 5) is 25.8. The molecule has 0 unspecified atom stereocenters. The number of carbonyl (C=O) groups is 1. The van der Waals surface area contributed by atoms with Crippen LogP contribution in [0, 0.1) is 6.92 Å². The molecule has 0 aliphatic rings. The number of hydrogen-bond acceptors (Lipinski definition) is 6. The van der Waals surface area contributed by atoms with E-state index in [1.54, 1.807) is 31.4 Å². The molecule has 0 aliphatic carbocycles. The van der Waals surface area contributed by atoms with E-state index in [1.165, 1.54) is 6.07 Å². The lowest BCUT2D eigenvalue weighted by Crippen LogP contribution is -2.09. The number of carbonyl (C=O) groups excluding carboxylic acids is 1. The van der Waals surface area contributed by atoms with Crippen molar-refractivity contribution in [2.24, 2.45) is 0 Å². The molecular weight excluding hydrogens is 480 g/mol. The largest absolute Gasteiger partial charge is 0.493 e. The molecule has 6 heteroatoms. The van der Waals surface area contributed by atoms with E-state index >= 15 is 0 Å². The van der Waals surface area contributed by atoms with Crippen molar-refractivity contribution in [1.29, 1.82) is 0 Å². The van der Waals surface area contributed by atoms with Crippen LogP contribution in [0.2, 0.25) is 0 Å². The van der Waals surface area contributed by atoms with Gasteiger partial charge in [-0.25, -0.2) is 9.59 Å². The number of benzene rings is 4. The minimum atomic E-state index is -0.525. The molecule has 0 radical (unpaired) electrons. The summed E-state index contributed by atoms with van der Waals surface area (Å²) in [5.41, 5.74) is 3.71. The second-order valence-corrected chi connectivity index (χ2v) is 8.94. The SMILES string of the molecule is COc1cccc2cc(-c3cc(=O)oc4cc(-c5ccccc5)c(OC(=O)c5cccc(C)c5)cc34)oc12. The number of aryl methyl sites for hydroxylation is 1. The van der Waals surface area contributed by atoms with Gasteiger partial charge in [-0.2, -0.15) is 0 Å². The van der Waals surface area contributed by atoms with Crippen molar-refractivity contribution in [1.82, 2.24) is 0 Å². The molecule has 0 fully saturated rings. The summed E-state index contributed by atoms with van der Waals surface area (Å²) in [5.74, 6) is 0.891. The van der Waals surface area contributed by atoms with Crippen molar-refractivity contribution >= 4 is 27.9 Å². The van der Waals surface area contributed by atoms with E-state index in [9.17, 15) is 9.59 Å². The number of rotatable bonds is 5. The van der Waals surface area contributed by atoms with E-state index < -0.39 is 11.6 Å². The molecule has 186 valence electrons. The van der Waals surface area contributed by atoms with Gasteiger partial charge in [0.1, 0.15) is 17.1 Å². The minimum Gasteiger partial charge on any atom is -0.493 e. The number of ether oxygens (including phenoxy) is 2. The van der Waals surface area contributed by atoms with Crippen molar-refractivity contribution in [2.45, 2.75) is 6.92 Å². The van der Waals surface area contributed by atoms with Gasteiger partial charge in [-0.15, -0.1) is 0 Å². The van der Waals surface area contributed by atoms with Crippen LogP contribution >= 0.6 is 0 Å². The Bertz CT molecular complexity index is 1880. The molecule has 0 amide bonds. The topological polar surface area (TPSA) is 78.9 Å². The van der Waals surface area contributed by atoms with E-state index in [0.717, 1.165) is 16.5 Å². The van der Waals surface area contributed by atoms with E-state index in [0.29, 0.717) is 50.5 Å². The smallest absolute Gasteiger partial charge is 0.343 e. The lowest BCUT2D eigenvalue weighted by atomic mass is 10.00. The summed E-state index contributed by atoms with van der Waals surface area (Å²) in [7, 11) is 1.57. The molecule has 0 N–H and O–H groups in total. The number of esters is 1. The van der Waals surface area contributed by atoms with Crippen LogP contribution in [-0.4, -0.2) is 13.1 Å². The molecule has 0 bridgehead atoms. The Balaban J connectivity index is 1.57. The van der Waals surface area contributed by atoms with Crippen molar-refractivity contribution in [3.05, 3.63) is 119 Å².